The quantitative estimate of drug-likeness (QED) is 0.377. The van der Waals surface area contributed by atoms with E-state index in [2.05, 4.69) is 15.3 Å². The third kappa shape index (κ3) is 3.08. The lowest BCUT2D eigenvalue weighted by Crippen LogP contribution is -3.00. The van der Waals surface area contributed by atoms with E-state index >= 15 is 0 Å². The van der Waals surface area contributed by atoms with Gasteiger partial charge in [-0.3, -0.25) is 5.73 Å². The second-order valence-electron chi connectivity index (χ2n) is 5.07. The van der Waals surface area contributed by atoms with Crippen LogP contribution in [0.4, 0.5) is 17.5 Å². The molecule has 0 radical (unpaired) electrons. The van der Waals surface area contributed by atoms with E-state index in [1.165, 1.54) is 0 Å². The van der Waals surface area contributed by atoms with Crippen molar-refractivity contribution in [1.29, 1.82) is 0 Å². The molecular formula is C15H18IN6+. The molecule has 0 fully saturated rings. The fourth-order valence-corrected chi connectivity index (χ4v) is 2.20. The number of halogens is 1. The second-order valence-corrected chi connectivity index (χ2v) is 5.07. The first-order valence-corrected chi connectivity index (χ1v) is 6.69. The van der Waals surface area contributed by atoms with Gasteiger partial charge in [0.05, 0.1) is 18.9 Å². The van der Waals surface area contributed by atoms with Crippen LogP contribution in [-0.4, -0.2) is 9.97 Å². The predicted octanol–water partition coefficient (Wildman–Crippen LogP) is -2.08. The Morgan fingerprint density at radius 3 is 2.68 bits per heavy atom. The van der Waals surface area contributed by atoms with Crippen LogP contribution >= 0.6 is 0 Å². The smallest absolute Gasteiger partial charge is 0.391 e. The Morgan fingerprint density at radius 1 is 1.18 bits per heavy atom. The first-order chi connectivity index (χ1) is 10.0. The number of hydrogen-bond acceptors (Lipinski definition) is 4. The molecule has 6 nitrogen and oxygen atoms in total. The zero-order chi connectivity index (χ0) is 15.0. The van der Waals surface area contributed by atoms with Gasteiger partial charge in [0.25, 0.3) is 0 Å². The average Bonchev–Trinajstić information content (AvgIpc) is 2.45. The van der Waals surface area contributed by atoms with Gasteiger partial charge < -0.3 is 29.3 Å². The second kappa shape index (κ2) is 6.39. The monoisotopic (exact) mass is 409 g/mol. The normalized spacial score (nSPS) is 10.3. The van der Waals surface area contributed by atoms with E-state index in [9.17, 15) is 0 Å². The molecule has 3 rings (SSSR count). The third-order valence-corrected chi connectivity index (χ3v) is 3.59. The van der Waals surface area contributed by atoms with Crippen LogP contribution in [0.3, 0.4) is 0 Å². The Morgan fingerprint density at radius 2 is 1.95 bits per heavy atom. The molecule has 0 aliphatic heterocycles. The number of rotatable bonds is 2. The van der Waals surface area contributed by atoms with Crippen molar-refractivity contribution in [2.45, 2.75) is 6.92 Å². The molecule has 3 aromatic rings. The Kier molecular flexibility index (Phi) is 4.74. The summed E-state index contributed by atoms with van der Waals surface area (Å²) in [6, 6.07) is 7.97. The minimum absolute atomic E-state index is 0. The number of nitrogens with two attached hydrogens (primary N) is 1. The summed E-state index contributed by atoms with van der Waals surface area (Å²) in [6.45, 7) is 1.99. The van der Waals surface area contributed by atoms with Crippen LogP contribution in [0.25, 0.3) is 11.0 Å². The summed E-state index contributed by atoms with van der Waals surface area (Å²) in [7, 11) is 3.89. The molecule has 2 heterocycles. The highest BCUT2D eigenvalue weighted by Crippen LogP contribution is 2.18. The van der Waals surface area contributed by atoms with Gasteiger partial charge in [0.15, 0.2) is 6.20 Å². The number of nitrogens with one attached hydrogen (secondary N) is 1. The van der Waals surface area contributed by atoms with E-state index in [4.69, 9.17) is 5.73 Å². The molecule has 114 valence electrons. The van der Waals surface area contributed by atoms with Crippen molar-refractivity contribution < 1.29 is 33.1 Å². The molecule has 7 heteroatoms. The lowest BCUT2D eigenvalue weighted by Gasteiger charge is -2.06. The predicted molar refractivity (Wildman–Crippen MR) is 80.8 cm³/mol. The van der Waals surface area contributed by atoms with Crippen molar-refractivity contribution in [2.75, 3.05) is 11.1 Å². The number of aromatic nitrogens is 4. The van der Waals surface area contributed by atoms with E-state index in [0.717, 1.165) is 28.2 Å². The number of anilines is 3. The standard InChI is InChI=1S/C15H16N6.HI/c1-10-8-14(19-15(16)21(10)3)18-11-4-5-12-13(9-11)20(2)7-6-17-12;/h4-9,16H,1-3H3;1H/p+1. The molecule has 0 atom stereocenters. The first-order valence-electron chi connectivity index (χ1n) is 6.69. The van der Waals surface area contributed by atoms with Gasteiger partial charge in [-0.2, -0.15) is 4.57 Å². The number of nitrogen functional groups attached to an aromatic ring is 1. The van der Waals surface area contributed by atoms with Crippen molar-refractivity contribution >= 4 is 28.5 Å². The molecule has 0 bridgehead atoms. The van der Waals surface area contributed by atoms with Gasteiger partial charge in [0.1, 0.15) is 12.6 Å². The minimum Gasteiger partial charge on any atom is -1.00 e. The fourth-order valence-electron chi connectivity index (χ4n) is 2.20. The van der Waals surface area contributed by atoms with Crippen molar-refractivity contribution in [3.63, 3.8) is 0 Å². The van der Waals surface area contributed by atoms with Gasteiger partial charge >= 0.3 is 5.95 Å². The highest BCUT2D eigenvalue weighted by atomic mass is 127. The van der Waals surface area contributed by atoms with Gasteiger partial charge in [0.2, 0.25) is 11.3 Å². The van der Waals surface area contributed by atoms with Crippen LogP contribution < -0.4 is 44.2 Å². The summed E-state index contributed by atoms with van der Waals surface area (Å²) in [4.78, 5) is 8.68. The van der Waals surface area contributed by atoms with E-state index in [1.807, 2.05) is 60.6 Å². The highest BCUT2D eigenvalue weighted by Gasteiger charge is 2.12. The summed E-state index contributed by atoms with van der Waals surface area (Å²) in [5.74, 6) is 1.21. The molecule has 0 aliphatic rings. The maximum atomic E-state index is 5.89. The highest BCUT2D eigenvalue weighted by molar-refractivity contribution is 5.76. The Bertz CT molecular complexity index is 810. The summed E-state index contributed by atoms with van der Waals surface area (Å²) in [5, 5.41) is 3.29. The summed E-state index contributed by atoms with van der Waals surface area (Å²) in [6.07, 6.45) is 3.72. The average molecular weight is 409 g/mol. The molecular weight excluding hydrogens is 391 g/mol. The van der Waals surface area contributed by atoms with Gasteiger partial charge in [-0.1, -0.05) is 4.98 Å². The number of aryl methyl sites for hydroxylation is 2. The lowest BCUT2D eigenvalue weighted by molar-refractivity contribution is -0.665. The van der Waals surface area contributed by atoms with Crippen molar-refractivity contribution in [1.82, 2.24) is 9.97 Å². The number of benzene rings is 1. The SMILES string of the molecule is Cc1cc(Nc2ccc3ncc[n+](C)c3c2)nc(N)[n+]1C.[I-]. The molecule has 0 amide bonds. The maximum Gasteiger partial charge on any atom is 0.391 e. The summed E-state index contributed by atoms with van der Waals surface area (Å²) < 4.78 is 3.88. The van der Waals surface area contributed by atoms with E-state index in [-0.39, 0.29) is 24.0 Å². The molecule has 0 saturated heterocycles. The summed E-state index contributed by atoms with van der Waals surface area (Å²) in [5.41, 5.74) is 9.88. The van der Waals surface area contributed by atoms with Crippen LogP contribution in [0.15, 0.2) is 36.7 Å². The molecule has 3 N–H and O–H groups in total. The maximum absolute atomic E-state index is 5.89. The zero-order valence-electron chi connectivity index (χ0n) is 12.7. The molecule has 0 saturated carbocycles. The number of hydrogen-bond donors (Lipinski definition) is 2. The van der Waals surface area contributed by atoms with Gasteiger partial charge in [-0.25, -0.2) is 9.55 Å². The van der Waals surface area contributed by atoms with Crippen LogP contribution in [-0.2, 0) is 14.1 Å². The van der Waals surface area contributed by atoms with Crippen LogP contribution in [0.5, 0.6) is 0 Å². The van der Waals surface area contributed by atoms with Crippen LogP contribution in [0, 0.1) is 6.92 Å². The molecule has 0 unspecified atom stereocenters. The van der Waals surface area contributed by atoms with Crippen molar-refractivity contribution in [2.24, 2.45) is 14.1 Å². The molecule has 0 aliphatic carbocycles. The Hall–Kier alpha value is -2.03. The fraction of sp³-hybridized carbons (Fsp3) is 0.200. The van der Waals surface area contributed by atoms with Gasteiger partial charge in [-0.15, -0.1) is 0 Å². The van der Waals surface area contributed by atoms with Gasteiger partial charge in [-0.05, 0) is 19.1 Å². The Labute approximate surface area is 146 Å². The Balaban J connectivity index is 0.00000176. The van der Waals surface area contributed by atoms with E-state index < -0.39 is 0 Å². The summed E-state index contributed by atoms with van der Waals surface area (Å²) >= 11 is 0. The first kappa shape index (κ1) is 16.3. The van der Waals surface area contributed by atoms with E-state index in [1.54, 1.807) is 6.20 Å². The molecule has 1 aromatic carbocycles. The van der Waals surface area contributed by atoms with Crippen LogP contribution in [0.1, 0.15) is 5.69 Å². The number of nitrogens with zero attached hydrogens (tertiary/aromatic N) is 4. The van der Waals surface area contributed by atoms with E-state index in [0.29, 0.717) is 5.95 Å². The molecule has 2 aromatic heterocycles. The van der Waals surface area contributed by atoms with Gasteiger partial charge in [0, 0.05) is 17.8 Å². The lowest BCUT2D eigenvalue weighted by atomic mass is 10.2. The van der Waals surface area contributed by atoms with Crippen molar-refractivity contribution in [3.05, 3.63) is 42.4 Å². The molecule has 22 heavy (non-hydrogen) atoms. The largest absolute Gasteiger partial charge is 1.00 e. The molecule has 0 spiro atoms. The third-order valence-electron chi connectivity index (χ3n) is 3.59. The number of fused-ring (bicyclic) bond motifs is 1. The topological polar surface area (TPSA) is 71.6 Å². The zero-order valence-corrected chi connectivity index (χ0v) is 14.9. The minimum atomic E-state index is 0. The van der Waals surface area contributed by atoms with Crippen molar-refractivity contribution in [3.8, 4) is 0 Å². The van der Waals surface area contributed by atoms with Crippen LogP contribution in [0.2, 0.25) is 0 Å².